The van der Waals surface area contributed by atoms with Crippen molar-refractivity contribution in [2.45, 2.75) is 73.6 Å². The molecule has 1 unspecified atom stereocenters. The van der Waals surface area contributed by atoms with Crippen LogP contribution in [0.2, 0.25) is 0 Å². The summed E-state index contributed by atoms with van der Waals surface area (Å²) in [4.78, 5) is 0. The van der Waals surface area contributed by atoms with Gasteiger partial charge < -0.3 is 4.55 Å². The molecule has 18 heteroatoms. The van der Waals surface area contributed by atoms with Crippen LogP contribution in [0.4, 0.5) is 57.1 Å². The van der Waals surface area contributed by atoms with Gasteiger partial charge in [0.1, 0.15) is 0 Å². The van der Waals surface area contributed by atoms with Crippen LogP contribution in [-0.4, -0.2) is 48.1 Å². The summed E-state index contributed by atoms with van der Waals surface area (Å²) in [7, 11) is -4.92. The van der Waals surface area contributed by atoms with Crippen molar-refractivity contribution in [3.05, 3.63) is 35.4 Å². The van der Waals surface area contributed by atoms with Crippen molar-refractivity contribution in [1.29, 1.82) is 0 Å². The van der Waals surface area contributed by atoms with E-state index in [0.717, 1.165) is 0 Å². The molecule has 3 nitrogen and oxygen atoms in total. The fourth-order valence-corrected chi connectivity index (χ4v) is 3.70. The van der Waals surface area contributed by atoms with E-state index >= 15 is 0 Å². The van der Waals surface area contributed by atoms with Gasteiger partial charge in [-0.1, -0.05) is 44.0 Å². The average Bonchev–Trinajstić information content (AvgIpc) is 2.69. The fraction of sp³-hybridized carbons (Fsp3) is 0.667. The Morgan fingerprint density at radius 1 is 0.750 bits per heavy atom. The Balaban J connectivity index is 0.0000122. The molecular weight excluding hydrogens is 566 g/mol. The van der Waals surface area contributed by atoms with Crippen molar-refractivity contribution < 1.29 is 99.6 Å². The number of halogens is 13. The topological polar surface area (TPSA) is 57.2 Å². The van der Waals surface area contributed by atoms with Gasteiger partial charge >= 0.3 is 65.3 Å². The predicted molar refractivity (Wildman–Crippen MR) is 92.9 cm³/mol. The number of hydrogen-bond donors (Lipinski definition) is 0. The summed E-state index contributed by atoms with van der Waals surface area (Å²) in [6, 6.07) is 0.745. The first kappa shape index (κ1) is 35.2. The minimum absolute atomic E-state index is 0. The van der Waals surface area contributed by atoms with Gasteiger partial charge in [0, 0.05) is 5.56 Å². The first-order valence-corrected chi connectivity index (χ1v) is 10.9. The van der Waals surface area contributed by atoms with Crippen LogP contribution in [-0.2, 0) is 22.5 Å². The molecule has 0 fully saturated rings. The second-order valence-electron chi connectivity index (χ2n) is 7.53. The zero-order valence-corrected chi connectivity index (χ0v) is 21.1. The molecule has 0 saturated carbocycles. The van der Waals surface area contributed by atoms with E-state index < -0.39 is 63.1 Å². The molecule has 0 radical (unpaired) electrons. The second-order valence-corrected chi connectivity index (χ2v) is 9.18. The van der Waals surface area contributed by atoms with E-state index in [1.165, 1.54) is 0 Å². The molecule has 0 spiro atoms. The third-order valence-electron chi connectivity index (χ3n) is 5.00. The molecule has 36 heavy (non-hydrogen) atoms. The summed E-state index contributed by atoms with van der Waals surface area (Å²) < 4.78 is 206. The van der Waals surface area contributed by atoms with Gasteiger partial charge in [0.25, 0.3) is 0 Å². The zero-order chi connectivity index (χ0) is 27.9. The smallest absolute Gasteiger partial charge is 0.748 e. The number of unbranched alkanes of at least 4 members (excludes halogenated alkanes) is 1. The number of hydrogen-bond acceptors (Lipinski definition) is 3. The summed E-state index contributed by atoms with van der Waals surface area (Å²) >= 11 is 0. The first-order chi connectivity index (χ1) is 15.4. The van der Waals surface area contributed by atoms with Crippen molar-refractivity contribution in [3.8, 4) is 0 Å². The van der Waals surface area contributed by atoms with Crippen molar-refractivity contribution in [3.63, 3.8) is 0 Å². The van der Waals surface area contributed by atoms with Gasteiger partial charge in [-0.15, -0.1) is 0 Å². The third kappa shape index (κ3) is 6.26. The molecule has 0 heterocycles. The molecular formula is C18H16F13NaO3S. The third-order valence-corrected chi connectivity index (χ3v) is 6.22. The van der Waals surface area contributed by atoms with Gasteiger partial charge in [-0.25, -0.2) is 8.42 Å². The Kier molecular flexibility index (Phi) is 10.9. The fourth-order valence-electron chi connectivity index (χ4n) is 2.84. The number of benzene rings is 1. The maximum atomic E-state index is 14.2. The minimum Gasteiger partial charge on any atom is -0.748 e. The molecule has 1 aromatic carbocycles. The minimum atomic E-state index is -8.00. The van der Waals surface area contributed by atoms with Crippen LogP contribution in [0, 0.1) is 0 Å². The Bertz CT molecular complexity index is 977. The van der Waals surface area contributed by atoms with Crippen LogP contribution in [0.1, 0.15) is 37.3 Å². The molecule has 0 aliphatic rings. The van der Waals surface area contributed by atoms with Crippen molar-refractivity contribution >= 4 is 10.1 Å². The average molecular weight is 582 g/mol. The van der Waals surface area contributed by atoms with Crippen molar-refractivity contribution in [2.75, 3.05) is 0 Å². The largest absolute Gasteiger partial charge is 1.00 e. The molecule has 0 aliphatic carbocycles. The van der Waals surface area contributed by atoms with Crippen LogP contribution in [0.5, 0.6) is 0 Å². The predicted octanol–water partition coefficient (Wildman–Crippen LogP) is 3.53. The summed E-state index contributed by atoms with van der Waals surface area (Å²) in [5, 5.41) is -1.59. The van der Waals surface area contributed by atoms with E-state index in [4.69, 9.17) is 0 Å². The van der Waals surface area contributed by atoms with Crippen LogP contribution >= 0.6 is 0 Å². The molecule has 0 bridgehead atoms. The molecule has 0 N–H and O–H groups in total. The molecule has 0 aromatic heterocycles. The Morgan fingerprint density at radius 3 is 1.53 bits per heavy atom. The molecule has 1 aromatic rings. The maximum Gasteiger partial charge on any atom is 1.00 e. The molecule has 0 amide bonds. The number of rotatable bonds is 11. The van der Waals surface area contributed by atoms with E-state index in [-0.39, 0.29) is 60.1 Å². The molecule has 0 saturated heterocycles. The molecule has 204 valence electrons. The Morgan fingerprint density at radius 2 is 1.17 bits per heavy atom. The molecule has 1 atom stereocenters. The van der Waals surface area contributed by atoms with Gasteiger partial charge in [-0.05, 0) is 18.4 Å². The standard InChI is InChI=1S/C18H17F13O3S.Na/c1-2-3-4-12(35(32,33)34)9-10-5-7-11(8-6-10)13(19,20)14(21,22)15(23,24)16(25,26)17(27,28)18(29,30)31;/h5-8,12H,2-4,9H2,1H3,(H,32,33,34);/q;+1/p-1. The summed E-state index contributed by atoms with van der Waals surface area (Å²) in [5.74, 6) is -37.6. The Hall–Kier alpha value is -0.780. The normalized spacial score (nSPS) is 15.4. The van der Waals surface area contributed by atoms with Gasteiger partial charge in [0.05, 0.1) is 15.4 Å². The zero-order valence-electron chi connectivity index (χ0n) is 18.3. The van der Waals surface area contributed by atoms with Crippen LogP contribution in [0.25, 0.3) is 0 Å². The molecule has 0 aliphatic heterocycles. The van der Waals surface area contributed by atoms with Crippen LogP contribution < -0.4 is 29.6 Å². The summed E-state index contributed by atoms with van der Waals surface area (Å²) in [5.41, 5.74) is -2.46. The van der Waals surface area contributed by atoms with Gasteiger partial charge in [0.15, 0.2) is 0 Å². The summed E-state index contributed by atoms with van der Waals surface area (Å²) in [6.45, 7) is 1.63. The van der Waals surface area contributed by atoms with Crippen molar-refractivity contribution in [2.24, 2.45) is 0 Å². The maximum absolute atomic E-state index is 14.2. The number of alkyl halides is 13. The quantitative estimate of drug-likeness (QED) is 0.228. The van der Waals surface area contributed by atoms with Crippen molar-refractivity contribution in [1.82, 2.24) is 0 Å². The SMILES string of the molecule is CCCCC(Cc1ccc(C(F)(F)C(F)(F)C(F)(F)C(F)(F)C(F)(F)C(F)(F)F)cc1)S(=O)(=O)[O-].[Na+]. The van der Waals surface area contributed by atoms with Gasteiger partial charge in [0.2, 0.25) is 0 Å². The first-order valence-electron chi connectivity index (χ1n) is 9.39. The van der Waals surface area contributed by atoms with E-state index in [9.17, 15) is 70.0 Å². The Labute approximate surface area is 218 Å². The van der Waals surface area contributed by atoms with Gasteiger partial charge in [-0.3, -0.25) is 0 Å². The van der Waals surface area contributed by atoms with E-state index in [0.29, 0.717) is 18.6 Å². The van der Waals surface area contributed by atoms with Gasteiger partial charge in [-0.2, -0.15) is 57.1 Å². The van der Waals surface area contributed by atoms with Crippen LogP contribution in [0.3, 0.4) is 0 Å². The molecule has 1 rings (SSSR count). The van der Waals surface area contributed by atoms with E-state index in [1.54, 1.807) is 6.92 Å². The second kappa shape index (κ2) is 11.1. The van der Waals surface area contributed by atoms with E-state index in [1.807, 2.05) is 0 Å². The monoisotopic (exact) mass is 582 g/mol. The van der Waals surface area contributed by atoms with Crippen LogP contribution in [0.15, 0.2) is 24.3 Å². The summed E-state index contributed by atoms with van der Waals surface area (Å²) in [6.07, 6.45) is -7.64. The van der Waals surface area contributed by atoms with E-state index in [2.05, 4.69) is 0 Å².